The van der Waals surface area contributed by atoms with E-state index in [1.54, 1.807) is 36.0 Å². The number of hydrogen-bond donors (Lipinski definition) is 2. The molecule has 2 N–H and O–H groups in total. The van der Waals surface area contributed by atoms with E-state index in [-0.39, 0.29) is 65.7 Å². The van der Waals surface area contributed by atoms with Gasteiger partial charge < -0.3 is 29.1 Å². The zero-order valence-electron chi connectivity index (χ0n) is 29.0. The lowest BCUT2D eigenvalue weighted by Gasteiger charge is -2.49. The maximum Gasteiger partial charge on any atom is 0.265 e. The van der Waals surface area contributed by atoms with Gasteiger partial charge in [0, 0.05) is 36.2 Å². The molecule has 10 nitrogen and oxygen atoms in total. The number of aliphatic hydroxyl groups is 2. The quantitative estimate of drug-likeness (QED) is 0.126. The Labute approximate surface area is 301 Å². The van der Waals surface area contributed by atoms with E-state index < -0.39 is 46.6 Å². The molecule has 1 heterocycles. The molecule has 0 saturated heterocycles. The van der Waals surface area contributed by atoms with Crippen molar-refractivity contribution in [2.24, 2.45) is 11.8 Å². The fourth-order valence-corrected chi connectivity index (χ4v) is 7.94. The van der Waals surface area contributed by atoms with Crippen LogP contribution >= 0.6 is 0 Å². The van der Waals surface area contributed by atoms with Crippen LogP contribution in [0.15, 0.2) is 102 Å². The Kier molecular flexibility index (Phi) is 9.33. The number of carbonyl (C=O) groups is 2. The lowest BCUT2D eigenvalue weighted by molar-refractivity contribution is -0.142. The van der Waals surface area contributed by atoms with Gasteiger partial charge in [-0.05, 0) is 49.1 Å². The van der Waals surface area contributed by atoms with Gasteiger partial charge in [0.2, 0.25) is 11.6 Å². The van der Waals surface area contributed by atoms with E-state index in [1.165, 1.54) is 6.07 Å². The van der Waals surface area contributed by atoms with Crippen LogP contribution in [0, 0.1) is 17.7 Å². The molecule has 0 aliphatic heterocycles. The van der Waals surface area contributed by atoms with Crippen LogP contribution in [0.3, 0.4) is 0 Å². The summed E-state index contributed by atoms with van der Waals surface area (Å²) in [4.78, 5) is 32.8. The van der Waals surface area contributed by atoms with Crippen LogP contribution in [-0.2, 0) is 24.4 Å². The first kappa shape index (κ1) is 34.9. The third-order valence-corrected chi connectivity index (χ3v) is 10.3. The van der Waals surface area contributed by atoms with Crippen molar-refractivity contribution in [2.75, 3.05) is 32.1 Å². The first-order valence-electron chi connectivity index (χ1n) is 17.2. The second-order valence-corrected chi connectivity index (χ2v) is 13.7. The summed E-state index contributed by atoms with van der Waals surface area (Å²) < 4.78 is 34.4. The Balaban J connectivity index is 1.35. The van der Waals surface area contributed by atoms with E-state index in [9.17, 15) is 19.8 Å². The number of Topliss-reactive ketones (excluding diaryl/α,β-unsaturated/α-hetero) is 2. The molecular weight excluding hydrogens is 665 g/mol. The number of ketones is 2. The summed E-state index contributed by atoms with van der Waals surface area (Å²) in [6.07, 6.45) is 3.40. The van der Waals surface area contributed by atoms with E-state index >= 15 is 4.39 Å². The average Bonchev–Trinajstić information content (AvgIpc) is 3.56. The van der Waals surface area contributed by atoms with Crippen LogP contribution in [0.2, 0.25) is 0 Å². The van der Waals surface area contributed by atoms with E-state index in [0.717, 1.165) is 11.1 Å². The van der Waals surface area contributed by atoms with Gasteiger partial charge in [0.05, 0.1) is 17.3 Å². The second kappa shape index (κ2) is 13.9. The molecule has 7 rings (SSSR count). The van der Waals surface area contributed by atoms with Gasteiger partial charge in [-0.15, -0.1) is 13.2 Å². The highest BCUT2D eigenvalue weighted by molar-refractivity contribution is 6.26. The lowest BCUT2D eigenvalue weighted by Crippen LogP contribution is -2.63. The van der Waals surface area contributed by atoms with E-state index in [1.807, 2.05) is 60.7 Å². The molecule has 1 saturated carbocycles. The number of fused-ring (bicyclic) bond motifs is 4. The van der Waals surface area contributed by atoms with Crippen LogP contribution in [0.25, 0.3) is 5.76 Å². The highest BCUT2D eigenvalue weighted by Gasteiger charge is 2.65. The van der Waals surface area contributed by atoms with Gasteiger partial charge in [-0.25, -0.2) is 4.39 Å². The van der Waals surface area contributed by atoms with E-state index in [2.05, 4.69) is 18.3 Å². The molecule has 0 unspecified atom stereocenters. The first-order chi connectivity index (χ1) is 25.1. The molecular formula is C41H40FN3O7. The number of benzene rings is 3. The summed E-state index contributed by atoms with van der Waals surface area (Å²) in [5.74, 6) is -4.53. The fraction of sp³-hybridized carbons (Fsp3) is 0.293. The minimum atomic E-state index is -2.60. The fourth-order valence-electron chi connectivity index (χ4n) is 7.94. The summed E-state index contributed by atoms with van der Waals surface area (Å²) in [6, 6.07) is 19.2. The van der Waals surface area contributed by atoms with Crippen LogP contribution < -0.4 is 14.4 Å². The summed E-state index contributed by atoms with van der Waals surface area (Å²) in [6.45, 7) is 8.44. The number of nitrogens with zero attached hydrogens (tertiary/aromatic N) is 3. The number of aromatic nitrogens is 1. The summed E-state index contributed by atoms with van der Waals surface area (Å²) >= 11 is 0. The Hall–Kier alpha value is -5.52. The SMILES string of the molecule is C=CCN(CC=C)c1cc(F)c2c(c1OCc1ccccc1)C(O)=C1C(=O)[C@]3(O)C(=O)c4c(OCc5ccccc5)noc4[C@@H](N(C)C)[C@@H]3C[C@@H]1C2. The molecule has 11 heteroatoms. The zero-order valence-corrected chi connectivity index (χ0v) is 29.0. The number of carbonyl (C=O) groups excluding carboxylic acids is 2. The van der Waals surface area contributed by atoms with Crippen molar-refractivity contribution in [2.45, 2.75) is 37.7 Å². The lowest BCUT2D eigenvalue weighted by atomic mass is 9.57. The molecule has 0 radical (unpaired) electrons. The molecule has 52 heavy (non-hydrogen) atoms. The van der Waals surface area contributed by atoms with Crippen molar-refractivity contribution < 1.29 is 38.2 Å². The van der Waals surface area contributed by atoms with Gasteiger partial charge in [0.25, 0.3) is 5.88 Å². The predicted molar refractivity (Wildman–Crippen MR) is 193 cm³/mol. The van der Waals surface area contributed by atoms with Crippen molar-refractivity contribution in [1.82, 2.24) is 10.1 Å². The monoisotopic (exact) mass is 705 g/mol. The second-order valence-electron chi connectivity index (χ2n) is 13.7. The summed E-state index contributed by atoms with van der Waals surface area (Å²) in [5.41, 5.74) is -0.723. The number of hydrogen-bond acceptors (Lipinski definition) is 10. The van der Waals surface area contributed by atoms with Crippen molar-refractivity contribution >= 4 is 23.0 Å². The van der Waals surface area contributed by atoms with Gasteiger partial charge in [0.15, 0.2) is 17.1 Å². The third kappa shape index (κ3) is 5.70. The molecule has 1 fully saturated rings. The smallest absolute Gasteiger partial charge is 0.265 e. The maximum atomic E-state index is 16.3. The third-order valence-electron chi connectivity index (χ3n) is 10.3. The highest BCUT2D eigenvalue weighted by atomic mass is 19.1. The van der Waals surface area contributed by atoms with E-state index in [0.29, 0.717) is 18.8 Å². The highest BCUT2D eigenvalue weighted by Crippen LogP contribution is 2.57. The predicted octanol–water partition coefficient (Wildman–Crippen LogP) is 6.41. The molecule has 0 bridgehead atoms. The molecule has 0 amide bonds. The van der Waals surface area contributed by atoms with Crippen LogP contribution in [0.5, 0.6) is 11.6 Å². The normalized spacial score (nSPS) is 21.9. The van der Waals surface area contributed by atoms with Gasteiger partial charge in [-0.2, -0.15) is 0 Å². The minimum absolute atomic E-state index is 0.00988. The zero-order chi connectivity index (χ0) is 36.7. The summed E-state index contributed by atoms with van der Waals surface area (Å²) in [5, 5.41) is 28.7. The topological polar surface area (TPSA) is 126 Å². The number of rotatable bonds is 12. The summed E-state index contributed by atoms with van der Waals surface area (Å²) in [7, 11) is 3.49. The van der Waals surface area contributed by atoms with Crippen LogP contribution in [-0.4, -0.2) is 64.6 Å². The number of ether oxygens (including phenoxy) is 2. The Morgan fingerprint density at radius 3 is 2.17 bits per heavy atom. The van der Waals surface area contributed by atoms with E-state index in [4.69, 9.17) is 14.0 Å². The van der Waals surface area contributed by atoms with Crippen molar-refractivity contribution in [3.63, 3.8) is 0 Å². The number of aliphatic hydroxyl groups excluding tert-OH is 1. The Bertz CT molecular complexity index is 2070. The maximum absolute atomic E-state index is 16.3. The van der Waals surface area contributed by atoms with Gasteiger partial charge in [-0.1, -0.05) is 72.8 Å². The number of halogens is 1. The molecule has 3 aromatic carbocycles. The molecule has 268 valence electrons. The average molecular weight is 706 g/mol. The minimum Gasteiger partial charge on any atom is -0.507 e. The molecule has 3 aliphatic rings. The molecule has 0 spiro atoms. The van der Waals surface area contributed by atoms with Crippen molar-refractivity contribution in [3.8, 4) is 11.6 Å². The van der Waals surface area contributed by atoms with Crippen LogP contribution in [0.4, 0.5) is 10.1 Å². The van der Waals surface area contributed by atoms with Gasteiger partial charge >= 0.3 is 0 Å². The van der Waals surface area contributed by atoms with Gasteiger partial charge in [-0.3, -0.25) is 14.5 Å². The first-order valence-corrected chi connectivity index (χ1v) is 17.2. The number of anilines is 1. The standard InChI is InChI=1S/C41H40FN3O7/c1-5-17-45(18-6-2)30-21-29(42)27-19-26-20-28-34(44(3)4)37-33(40(43-52-37)51-23-25-15-11-8-12-16-25)39(48)41(28,49)38(47)31(26)35(46)32(27)36(30)50-22-24-13-9-7-10-14-24/h5-16,21,26,28,34,46,49H,1-2,17-20,22-23H2,3-4H3/t26-,28-,34-,41-/m0/s1. The van der Waals surface area contributed by atoms with Crippen molar-refractivity contribution in [1.29, 1.82) is 0 Å². The van der Waals surface area contributed by atoms with Crippen LogP contribution in [0.1, 0.15) is 50.8 Å². The molecule has 4 atom stereocenters. The van der Waals surface area contributed by atoms with Gasteiger partial charge in [0.1, 0.15) is 30.4 Å². The molecule has 3 aliphatic carbocycles. The molecule has 4 aromatic rings. The Morgan fingerprint density at radius 1 is 0.962 bits per heavy atom. The largest absolute Gasteiger partial charge is 0.507 e. The Morgan fingerprint density at radius 2 is 1.58 bits per heavy atom. The molecule has 1 aromatic heterocycles. The van der Waals surface area contributed by atoms with Crippen molar-refractivity contribution in [3.05, 3.63) is 137 Å².